The highest BCUT2D eigenvalue weighted by atomic mass is 35.5. The molecule has 0 unspecified atom stereocenters. The summed E-state index contributed by atoms with van der Waals surface area (Å²) >= 11 is 6.11. The Balaban J connectivity index is 1.39. The van der Waals surface area contributed by atoms with Crippen molar-refractivity contribution in [2.75, 3.05) is 31.1 Å². The summed E-state index contributed by atoms with van der Waals surface area (Å²) in [6, 6.07) is 27.9. The largest absolute Gasteiger partial charge is 0.353 e. The number of benzene rings is 3. The van der Waals surface area contributed by atoms with Crippen LogP contribution in [0.15, 0.2) is 91.0 Å². The van der Waals surface area contributed by atoms with Gasteiger partial charge < -0.3 is 9.80 Å². The smallest absolute Gasteiger partial charge is 0.246 e. The quantitative estimate of drug-likeness (QED) is 0.297. The highest BCUT2D eigenvalue weighted by molar-refractivity contribution is 6.30. The minimum absolute atomic E-state index is 0.0359. The molecule has 1 saturated heterocycles. The number of amides is 1. The van der Waals surface area contributed by atoms with E-state index in [1.165, 1.54) is 5.56 Å². The van der Waals surface area contributed by atoms with Gasteiger partial charge in [-0.15, -0.1) is 0 Å². The third-order valence-corrected chi connectivity index (χ3v) is 6.88. The minimum Gasteiger partial charge on any atom is -0.353 e. The summed E-state index contributed by atoms with van der Waals surface area (Å²) in [5.74, 6) is 1.66. The third-order valence-electron chi connectivity index (χ3n) is 6.63. The Kier molecular flexibility index (Phi) is 7.62. The van der Waals surface area contributed by atoms with Crippen LogP contribution < -0.4 is 4.90 Å². The first-order valence-corrected chi connectivity index (χ1v) is 12.9. The van der Waals surface area contributed by atoms with Crippen molar-refractivity contribution in [1.82, 2.24) is 14.9 Å². The number of nitrogens with zero attached hydrogens (tertiary/aromatic N) is 4. The number of piperazine rings is 1. The molecule has 1 amide bonds. The summed E-state index contributed by atoms with van der Waals surface area (Å²) in [4.78, 5) is 26.9. The van der Waals surface area contributed by atoms with Crippen molar-refractivity contribution in [3.63, 3.8) is 0 Å². The fourth-order valence-electron chi connectivity index (χ4n) is 4.55. The molecule has 5 nitrogen and oxygen atoms in total. The van der Waals surface area contributed by atoms with Crippen LogP contribution in [0.3, 0.4) is 0 Å². The van der Waals surface area contributed by atoms with Gasteiger partial charge in [0, 0.05) is 60.5 Å². The molecule has 1 fully saturated rings. The van der Waals surface area contributed by atoms with E-state index in [4.69, 9.17) is 21.6 Å². The zero-order valence-corrected chi connectivity index (χ0v) is 21.6. The SMILES string of the molecule is Cc1nc(-c2ccc(Cl)cc2)nc(N2CCN(C(=O)/C=C/c3ccccc3)CC2)c1Cc1ccccc1. The van der Waals surface area contributed by atoms with Crippen molar-refractivity contribution < 1.29 is 4.79 Å². The van der Waals surface area contributed by atoms with Crippen LogP contribution in [0.4, 0.5) is 5.82 Å². The highest BCUT2D eigenvalue weighted by Gasteiger charge is 2.24. The molecule has 4 aromatic rings. The Labute approximate surface area is 223 Å². The van der Waals surface area contributed by atoms with Crippen LogP contribution in [-0.4, -0.2) is 47.0 Å². The molecule has 0 aliphatic carbocycles. The predicted octanol–water partition coefficient (Wildman–Crippen LogP) is 6.06. The van der Waals surface area contributed by atoms with E-state index in [9.17, 15) is 4.79 Å². The van der Waals surface area contributed by atoms with Gasteiger partial charge >= 0.3 is 0 Å². The van der Waals surface area contributed by atoms with Gasteiger partial charge in [-0.1, -0.05) is 72.3 Å². The number of hydrogen-bond acceptors (Lipinski definition) is 4. The van der Waals surface area contributed by atoms with Crippen molar-refractivity contribution in [2.24, 2.45) is 0 Å². The second-order valence-electron chi connectivity index (χ2n) is 9.16. The van der Waals surface area contributed by atoms with Crippen molar-refractivity contribution in [3.8, 4) is 11.4 Å². The molecule has 186 valence electrons. The van der Waals surface area contributed by atoms with Crippen LogP contribution in [-0.2, 0) is 11.2 Å². The first-order valence-electron chi connectivity index (χ1n) is 12.5. The van der Waals surface area contributed by atoms with Gasteiger partial charge in [0.2, 0.25) is 5.91 Å². The summed E-state index contributed by atoms with van der Waals surface area (Å²) in [5, 5.41) is 0.684. The molecule has 0 N–H and O–H groups in total. The molecule has 3 aromatic carbocycles. The molecule has 0 radical (unpaired) electrons. The van der Waals surface area contributed by atoms with E-state index in [1.807, 2.05) is 71.6 Å². The van der Waals surface area contributed by atoms with E-state index in [2.05, 4.69) is 36.1 Å². The molecule has 5 rings (SSSR count). The Morgan fingerprint density at radius 2 is 1.51 bits per heavy atom. The molecule has 0 bridgehead atoms. The Bertz CT molecular complexity index is 1380. The number of carbonyl (C=O) groups excluding carboxylic acids is 1. The maximum atomic E-state index is 12.8. The molecule has 0 saturated carbocycles. The molecular formula is C31H29ClN4O. The lowest BCUT2D eigenvalue weighted by Crippen LogP contribution is -2.49. The molecule has 0 atom stereocenters. The van der Waals surface area contributed by atoms with Crippen LogP contribution >= 0.6 is 11.6 Å². The predicted molar refractivity (Wildman–Crippen MR) is 151 cm³/mol. The maximum absolute atomic E-state index is 12.8. The highest BCUT2D eigenvalue weighted by Crippen LogP contribution is 2.29. The third kappa shape index (κ3) is 6.07. The lowest BCUT2D eigenvalue weighted by atomic mass is 10.0. The monoisotopic (exact) mass is 508 g/mol. The summed E-state index contributed by atoms with van der Waals surface area (Å²) in [7, 11) is 0. The van der Waals surface area contributed by atoms with Gasteiger partial charge in [-0.3, -0.25) is 4.79 Å². The van der Waals surface area contributed by atoms with Gasteiger partial charge in [-0.05, 0) is 48.4 Å². The topological polar surface area (TPSA) is 49.3 Å². The van der Waals surface area contributed by atoms with Gasteiger partial charge in [-0.25, -0.2) is 9.97 Å². The van der Waals surface area contributed by atoms with E-state index >= 15 is 0 Å². The summed E-state index contributed by atoms with van der Waals surface area (Å²) < 4.78 is 0. The van der Waals surface area contributed by atoms with Crippen LogP contribution in [0.5, 0.6) is 0 Å². The van der Waals surface area contributed by atoms with Gasteiger partial charge in [0.05, 0.1) is 0 Å². The van der Waals surface area contributed by atoms with Crippen LogP contribution in [0.1, 0.15) is 22.4 Å². The Morgan fingerprint density at radius 3 is 2.19 bits per heavy atom. The number of aryl methyl sites for hydroxylation is 1. The second kappa shape index (κ2) is 11.4. The summed E-state index contributed by atoms with van der Waals surface area (Å²) in [6.07, 6.45) is 4.29. The molecular weight excluding hydrogens is 480 g/mol. The average molecular weight is 509 g/mol. The molecule has 37 heavy (non-hydrogen) atoms. The molecule has 0 spiro atoms. The lowest BCUT2D eigenvalue weighted by molar-refractivity contribution is -0.126. The lowest BCUT2D eigenvalue weighted by Gasteiger charge is -2.36. The molecule has 1 aliphatic heterocycles. The molecule has 2 heterocycles. The van der Waals surface area contributed by atoms with E-state index < -0.39 is 0 Å². The number of rotatable bonds is 6. The molecule has 1 aromatic heterocycles. The molecule has 1 aliphatic rings. The van der Waals surface area contributed by atoms with E-state index in [0.717, 1.165) is 34.6 Å². The van der Waals surface area contributed by atoms with Gasteiger partial charge in [0.1, 0.15) is 5.82 Å². The fourth-order valence-corrected chi connectivity index (χ4v) is 4.68. The van der Waals surface area contributed by atoms with Crippen molar-refractivity contribution in [3.05, 3.63) is 118 Å². The van der Waals surface area contributed by atoms with Gasteiger partial charge in [0.15, 0.2) is 5.82 Å². The van der Waals surface area contributed by atoms with Gasteiger partial charge in [0.25, 0.3) is 0 Å². The van der Waals surface area contributed by atoms with Crippen LogP contribution in [0.25, 0.3) is 17.5 Å². The summed E-state index contributed by atoms with van der Waals surface area (Å²) in [6.45, 7) is 4.76. The van der Waals surface area contributed by atoms with Crippen molar-refractivity contribution in [2.45, 2.75) is 13.3 Å². The maximum Gasteiger partial charge on any atom is 0.246 e. The van der Waals surface area contributed by atoms with E-state index in [0.29, 0.717) is 37.0 Å². The first-order chi connectivity index (χ1) is 18.1. The first kappa shape index (κ1) is 24.7. The van der Waals surface area contributed by atoms with Crippen LogP contribution in [0, 0.1) is 6.92 Å². The normalized spacial score (nSPS) is 13.8. The number of carbonyl (C=O) groups is 1. The number of hydrogen-bond donors (Lipinski definition) is 0. The Hall–Kier alpha value is -3.96. The second-order valence-corrected chi connectivity index (χ2v) is 9.60. The standard InChI is InChI=1S/C31H29ClN4O/c1-23-28(22-25-10-6-3-7-11-25)31(34-30(33-23)26-13-15-27(32)16-14-26)36-20-18-35(19-21-36)29(37)17-12-24-8-4-2-5-9-24/h2-17H,18-22H2,1H3/b17-12+. The van der Waals surface area contributed by atoms with Gasteiger partial charge in [-0.2, -0.15) is 0 Å². The Morgan fingerprint density at radius 1 is 0.865 bits per heavy atom. The van der Waals surface area contributed by atoms with Crippen molar-refractivity contribution >= 4 is 29.4 Å². The average Bonchev–Trinajstić information content (AvgIpc) is 2.94. The summed E-state index contributed by atoms with van der Waals surface area (Å²) in [5.41, 5.74) is 5.25. The zero-order chi connectivity index (χ0) is 25.6. The number of halogens is 1. The van der Waals surface area contributed by atoms with Crippen LogP contribution in [0.2, 0.25) is 5.02 Å². The fraction of sp³-hybridized carbons (Fsp3) is 0.194. The molecule has 6 heteroatoms. The minimum atomic E-state index is 0.0359. The number of anilines is 1. The van der Waals surface area contributed by atoms with E-state index in [1.54, 1.807) is 6.08 Å². The van der Waals surface area contributed by atoms with E-state index in [-0.39, 0.29) is 5.91 Å². The number of aromatic nitrogens is 2. The zero-order valence-electron chi connectivity index (χ0n) is 20.8. The van der Waals surface area contributed by atoms with Crippen molar-refractivity contribution in [1.29, 1.82) is 0 Å².